The van der Waals surface area contributed by atoms with E-state index in [0.717, 1.165) is 0 Å². The summed E-state index contributed by atoms with van der Waals surface area (Å²) in [5.41, 5.74) is 2.03. The molecule has 0 aliphatic carbocycles. The number of nitrogens with one attached hydrogen (secondary N) is 1. The Morgan fingerprint density at radius 2 is 1.21 bits per heavy atom. The van der Waals surface area contributed by atoms with E-state index in [-0.39, 0.29) is 18.8 Å². The quantitative estimate of drug-likeness (QED) is 0.103. The van der Waals surface area contributed by atoms with Gasteiger partial charge in [0.2, 0.25) is 11.8 Å². The molecule has 0 bridgehead atoms. The highest BCUT2D eigenvalue weighted by molar-refractivity contribution is 6.39. The number of aliphatic carboxylic acids is 2. The van der Waals surface area contributed by atoms with E-state index in [1.807, 2.05) is 42.5 Å². The number of hydrogen-bond donors (Lipinski definition) is 5. The molecule has 0 saturated carbocycles. The molecule has 0 spiro atoms. The first kappa shape index (κ1) is 36.6. The molecule has 2 aromatic carbocycles. The van der Waals surface area contributed by atoms with E-state index in [1.54, 1.807) is 18.2 Å². The van der Waals surface area contributed by atoms with Gasteiger partial charge in [0.05, 0.1) is 54.3 Å². The molecule has 5 N–H and O–H groups in total. The van der Waals surface area contributed by atoms with Crippen molar-refractivity contribution in [2.24, 2.45) is 5.41 Å². The highest BCUT2D eigenvalue weighted by atomic mass is 35.5. The molecule has 0 amide bonds. The Balaban J connectivity index is 1.66. The SMILES string of the molecule is COc1nc(-c2cccc(-c3cccc(-c4ccc(CN[C@@](C)(CO)C(=O)O)c(OC)n4)c3Cl)c2Cl)ccc1CC[C@@](C)(CO)C(=O)O. The van der Waals surface area contributed by atoms with Crippen molar-refractivity contribution in [3.63, 3.8) is 0 Å². The number of carboxylic acids is 2. The van der Waals surface area contributed by atoms with Crippen LogP contribution in [0.5, 0.6) is 11.8 Å². The Labute approximate surface area is 288 Å². The molecule has 4 aromatic rings. The Morgan fingerprint density at radius 3 is 1.65 bits per heavy atom. The van der Waals surface area contributed by atoms with Crippen molar-refractivity contribution in [3.8, 4) is 45.4 Å². The van der Waals surface area contributed by atoms with Gasteiger partial charge in [-0.1, -0.05) is 71.7 Å². The first-order valence-electron chi connectivity index (χ1n) is 14.9. The topological polar surface area (TPSA) is 171 Å². The van der Waals surface area contributed by atoms with E-state index in [1.165, 1.54) is 28.1 Å². The number of pyridine rings is 2. The number of ether oxygens (including phenoxy) is 2. The average molecular weight is 699 g/mol. The molecular formula is C35H37Cl2N3O8. The molecule has 0 fully saturated rings. The number of aryl methyl sites for hydroxylation is 1. The molecule has 2 heterocycles. The van der Waals surface area contributed by atoms with Crippen LogP contribution in [0.4, 0.5) is 0 Å². The fourth-order valence-electron chi connectivity index (χ4n) is 4.95. The van der Waals surface area contributed by atoms with Crippen LogP contribution in [0.2, 0.25) is 10.0 Å². The number of nitrogens with zero attached hydrogens (tertiary/aromatic N) is 2. The summed E-state index contributed by atoms with van der Waals surface area (Å²) in [6.45, 7) is 1.87. The fourth-order valence-corrected chi connectivity index (χ4v) is 5.60. The zero-order valence-corrected chi connectivity index (χ0v) is 28.4. The number of carboxylic acid groups (broad SMARTS) is 2. The highest BCUT2D eigenvalue weighted by Gasteiger charge is 2.33. The monoisotopic (exact) mass is 697 g/mol. The van der Waals surface area contributed by atoms with Crippen molar-refractivity contribution in [1.82, 2.24) is 15.3 Å². The summed E-state index contributed by atoms with van der Waals surface area (Å²) in [4.78, 5) is 32.5. The summed E-state index contributed by atoms with van der Waals surface area (Å²) in [6.07, 6.45) is 0.520. The summed E-state index contributed by atoms with van der Waals surface area (Å²) >= 11 is 14.0. The molecule has 48 heavy (non-hydrogen) atoms. The van der Waals surface area contributed by atoms with Gasteiger partial charge in [-0.05, 0) is 38.8 Å². The average Bonchev–Trinajstić information content (AvgIpc) is 3.09. The van der Waals surface area contributed by atoms with Crippen molar-refractivity contribution >= 4 is 35.1 Å². The van der Waals surface area contributed by atoms with Crippen LogP contribution in [0.25, 0.3) is 33.6 Å². The van der Waals surface area contributed by atoms with E-state index >= 15 is 0 Å². The molecule has 0 saturated heterocycles. The Morgan fingerprint density at radius 1 is 0.729 bits per heavy atom. The predicted octanol–water partition coefficient (Wildman–Crippen LogP) is 5.74. The van der Waals surface area contributed by atoms with Crippen LogP contribution in [0, 0.1) is 5.41 Å². The Hall–Kier alpha value is -4.26. The zero-order valence-electron chi connectivity index (χ0n) is 26.9. The van der Waals surface area contributed by atoms with E-state index in [0.29, 0.717) is 67.1 Å². The van der Waals surface area contributed by atoms with Crippen molar-refractivity contribution in [1.29, 1.82) is 0 Å². The van der Waals surface area contributed by atoms with Gasteiger partial charge >= 0.3 is 11.9 Å². The number of carbonyl (C=O) groups is 2. The number of hydrogen-bond acceptors (Lipinski definition) is 9. The number of rotatable bonds is 15. The lowest BCUT2D eigenvalue weighted by molar-refractivity contribution is -0.150. The van der Waals surface area contributed by atoms with Crippen LogP contribution in [0.15, 0.2) is 60.7 Å². The van der Waals surface area contributed by atoms with Gasteiger partial charge < -0.3 is 29.9 Å². The van der Waals surface area contributed by atoms with Gasteiger partial charge in [-0.2, -0.15) is 0 Å². The Kier molecular flexibility index (Phi) is 11.7. The Bertz CT molecular complexity index is 1690. The molecule has 13 heteroatoms. The van der Waals surface area contributed by atoms with Crippen LogP contribution in [-0.4, -0.2) is 75.3 Å². The highest BCUT2D eigenvalue weighted by Crippen LogP contribution is 2.42. The number of aliphatic hydroxyl groups excluding tert-OH is 2. The standard InChI is InChI=1S/C35H37Cl2N3O8/c1-34(18-41,32(43)44)16-15-20-11-13-26(39-30(20)47-3)24-9-5-7-22(28(24)36)23-8-6-10-25(29(23)37)27-14-12-21(31(40-27)48-4)17-38-35(2,19-42)33(45)46/h5-14,38,41-42H,15-19H2,1-4H3,(H,43,44)(H,45,46)/t34-,35-/m0/s1. The normalized spacial score (nSPS) is 13.8. The lowest BCUT2D eigenvalue weighted by Gasteiger charge is -2.24. The third-order valence-electron chi connectivity index (χ3n) is 8.37. The minimum absolute atomic E-state index is 0.0835. The van der Waals surface area contributed by atoms with Crippen LogP contribution < -0.4 is 14.8 Å². The van der Waals surface area contributed by atoms with Gasteiger partial charge in [0.1, 0.15) is 5.54 Å². The van der Waals surface area contributed by atoms with E-state index in [2.05, 4.69) is 15.3 Å². The summed E-state index contributed by atoms with van der Waals surface area (Å²) in [5.74, 6) is -1.68. The molecule has 254 valence electrons. The lowest BCUT2D eigenvalue weighted by Crippen LogP contribution is -2.52. The molecule has 2 atom stereocenters. The molecule has 0 aliphatic rings. The third-order valence-corrected chi connectivity index (χ3v) is 9.19. The van der Waals surface area contributed by atoms with Crippen LogP contribution in [0.3, 0.4) is 0 Å². The van der Waals surface area contributed by atoms with Gasteiger partial charge in [-0.25, -0.2) is 9.97 Å². The van der Waals surface area contributed by atoms with E-state index < -0.39 is 36.1 Å². The van der Waals surface area contributed by atoms with E-state index in [4.69, 9.17) is 32.7 Å². The fraction of sp³-hybridized carbons (Fsp3) is 0.314. The number of aliphatic hydroxyl groups is 2. The van der Waals surface area contributed by atoms with Gasteiger partial charge in [0, 0.05) is 39.9 Å². The second-order valence-electron chi connectivity index (χ2n) is 11.7. The molecule has 2 aromatic heterocycles. The molecule has 11 nitrogen and oxygen atoms in total. The number of benzene rings is 2. The van der Waals surface area contributed by atoms with Crippen molar-refractivity contribution in [3.05, 3.63) is 81.8 Å². The zero-order chi connectivity index (χ0) is 35.2. The minimum atomic E-state index is -1.54. The maximum atomic E-state index is 11.6. The maximum absolute atomic E-state index is 11.6. The van der Waals surface area contributed by atoms with Crippen LogP contribution >= 0.6 is 23.2 Å². The smallest absolute Gasteiger partial charge is 0.326 e. The molecule has 0 unspecified atom stereocenters. The van der Waals surface area contributed by atoms with Gasteiger partial charge in [0.25, 0.3) is 0 Å². The van der Waals surface area contributed by atoms with E-state index in [9.17, 15) is 30.0 Å². The first-order chi connectivity index (χ1) is 22.8. The van der Waals surface area contributed by atoms with Crippen molar-refractivity contribution in [2.75, 3.05) is 27.4 Å². The predicted molar refractivity (Wildman–Crippen MR) is 183 cm³/mol. The maximum Gasteiger partial charge on any atom is 0.326 e. The van der Waals surface area contributed by atoms with Gasteiger partial charge in [-0.3, -0.25) is 14.9 Å². The van der Waals surface area contributed by atoms with Crippen molar-refractivity contribution in [2.45, 2.75) is 38.8 Å². The van der Waals surface area contributed by atoms with Crippen LogP contribution in [0.1, 0.15) is 31.4 Å². The second-order valence-corrected chi connectivity index (χ2v) is 12.5. The van der Waals surface area contributed by atoms with Gasteiger partial charge in [-0.15, -0.1) is 0 Å². The van der Waals surface area contributed by atoms with Crippen molar-refractivity contribution < 1.29 is 39.5 Å². The molecule has 0 radical (unpaired) electrons. The summed E-state index contributed by atoms with van der Waals surface area (Å²) in [7, 11) is 2.94. The third kappa shape index (κ3) is 7.56. The van der Waals surface area contributed by atoms with Crippen LogP contribution in [-0.2, 0) is 22.6 Å². The van der Waals surface area contributed by atoms with Gasteiger partial charge in [0.15, 0.2) is 0 Å². The second kappa shape index (κ2) is 15.3. The number of aromatic nitrogens is 2. The minimum Gasteiger partial charge on any atom is -0.481 e. The molecular weight excluding hydrogens is 661 g/mol. The summed E-state index contributed by atoms with van der Waals surface area (Å²) in [5, 5.41) is 41.8. The largest absolute Gasteiger partial charge is 0.481 e. The summed E-state index contributed by atoms with van der Waals surface area (Å²) in [6, 6.07) is 18.1. The lowest BCUT2D eigenvalue weighted by atomic mass is 9.85. The number of methoxy groups -OCH3 is 2. The first-order valence-corrected chi connectivity index (χ1v) is 15.7. The summed E-state index contributed by atoms with van der Waals surface area (Å²) < 4.78 is 11.0. The number of halogens is 2. The molecule has 4 rings (SSSR count). The molecule has 0 aliphatic heterocycles.